The smallest absolute Gasteiger partial charge is 0.310 e. The van der Waals surface area contributed by atoms with Gasteiger partial charge in [0.15, 0.2) is 0 Å². The van der Waals surface area contributed by atoms with Gasteiger partial charge < -0.3 is 9.47 Å². The number of carbonyl (C=O) groups excluding carboxylic acids is 2. The predicted octanol–water partition coefficient (Wildman–Crippen LogP) is 0.357. The van der Waals surface area contributed by atoms with Crippen molar-refractivity contribution in [3.8, 4) is 0 Å². The van der Waals surface area contributed by atoms with Gasteiger partial charge in [0, 0.05) is 5.92 Å². The molecule has 3 rings (SSSR count). The van der Waals surface area contributed by atoms with Crippen molar-refractivity contribution in [3.05, 3.63) is 0 Å². The number of ether oxygens (including phenoxy) is 2. The zero-order valence-electron chi connectivity index (χ0n) is 7.93. The average Bonchev–Trinajstić information content (AvgIpc) is 2.75. The van der Waals surface area contributed by atoms with Gasteiger partial charge in [0.05, 0.1) is 18.9 Å². The average molecular weight is 196 g/mol. The number of methoxy groups -OCH3 is 1. The lowest BCUT2D eigenvalue weighted by molar-refractivity contribution is -0.153. The standard InChI is InChI=1S/C10H12O4/c1-13-9(11)7-4-2-5-6(3-4)14-10(12)8(5)7/h4-8H,2-3H2,1H3. The number of carbonyl (C=O) groups is 2. The number of fused-ring (bicyclic) bond motifs is 1. The van der Waals surface area contributed by atoms with Gasteiger partial charge in [-0.1, -0.05) is 0 Å². The molecule has 2 saturated carbocycles. The highest BCUT2D eigenvalue weighted by molar-refractivity contribution is 5.85. The fourth-order valence-electron chi connectivity index (χ4n) is 3.46. The fourth-order valence-corrected chi connectivity index (χ4v) is 3.46. The van der Waals surface area contributed by atoms with Crippen molar-refractivity contribution in [2.24, 2.45) is 23.7 Å². The van der Waals surface area contributed by atoms with Crippen LogP contribution in [-0.4, -0.2) is 25.2 Å². The molecule has 2 aliphatic carbocycles. The fraction of sp³-hybridized carbons (Fsp3) is 0.800. The Balaban J connectivity index is 1.95. The van der Waals surface area contributed by atoms with Crippen molar-refractivity contribution in [3.63, 3.8) is 0 Å². The Morgan fingerprint density at radius 3 is 3.00 bits per heavy atom. The lowest BCUT2D eigenvalue weighted by atomic mass is 9.80. The molecule has 5 unspecified atom stereocenters. The first kappa shape index (κ1) is 8.26. The summed E-state index contributed by atoms with van der Waals surface area (Å²) in [5.41, 5.74) is 0. The first-order chi connectivity index (χ1) is 6.72. The minimum atomic E-state index is -0.236. The lowest BCUT2D eigenvalue weighted by Crippen LogP contribution is -2.32. The third kappa shape index (κ3) is 0.792. The van der Waals surface area contributed by atoms with E-state index >= 15 is 0 Å². The van der Waals surface area contributed by atoms with Crippen LogP contribution < -0.4 is 0 Å². The molecule has 0 amide bonds. The van der Waals surface area contributed by atoms with Crippen LogP contribution in [0.4, 0.5) is 0 Å². The molecule has 0 aromatic rings. The summed E-state index contributed by atoms with van der Waals surface area (Å²) in [5.74, 6) is -0.247. The zero-order valence-corrected chi connectivity index (χ0v) is 7.93. The van der Waals surface area contributed by atoms with Gasteiger partial charge in [-0.25, -0.2) is 0 Å². The van der Waals surface area contributed by atoms with E-state index in [9.17, 15) is 9.59 Å². The van der Waals surface area contributed by atoms with E-state index in [0.29, 0.717) is 5.92 Å². The van der Waals surface area contributed by atoms with Gasteiger partial charge in [-0.2, -0.15) is 0 Å². The van der Waals surface area contributed by atoms with E-state index in [0.717, 1.165) is 12.8 Å². The van der Waals surface area contributed by atoms with Crippen molar-refractivity contribution < 1.29 is 19.1 Å². The second-order valence-corrected chi connectivity index (χ2v) is 4.45. The maximum Gasteiger partial charge on any atom is 0.310 e. The van der Waals surface area contributed by atoms with Gasteiger partial charge in [-0.05, 0) is 18.8 Å². The number of hydrogen-bond donors (Lipinski definition) is 0. The second kappa shape index (κ2) is 2.49. The molecule has 3 fully saturated rings. The van der Waals surface area contributed by atoms with Crippen LogP contribution in [0.5, 0.6) is 0 Å². The van der Waals surface area contributed by atoms with E-state index < -0.39 is 0 Å². The van der Waals surface area contributed by atoms with Gasteiger partial charge in [-0.3, -0.25) is 9.59 Å². The van der Waals surface area contributed by atoms with Crippen LogP contribution in [-0.2, 0) is 19.1 Å². The van der Waals surface area contributed by atoms with Gasteiger partial charge in [0.1, 0.15) is 6.10 Å². The van der Waals surface area contributed by atoms with Crippen LogP contribution in [0.3, 0.4) is 0 Å². The van der Waals surface area contributed by atoms with E-state index in [1.165, 1.54) is 7.11 Å². The summed E-state index contributed by atoms with van der Waals surface area (Å²) in [7, 11) is 1.38. The van der Waals surface area contributed by atoms with Crippen LogP contribution in [0.2, 0.25) is 0 Å². The predicted molar refractivity (Wildman–Crippen MR) is 45.1 cm³/mol. The van der Waals surface area contributed by atoms with Crippen LogP contribution >= 0.6 is 0 Å². The minimum absolute atomic E-state index is 0.0957. The Morgan fingerprint density at radius 1 is 1.50 bits per heavy atom. The molecule has 76 valence electrons. The summed E-state index contributed by atoms with van der Waals surface area (Å²) in [6, 6.07) is 0. The molecule has 1 saturated heterocycles. The number of hydrogen-bond acceptors (Lipinski definition) is 4. The Hall–Kier alpha value is -1.06. The van der Waals surface area contributed by atoms with Gasteiger partial charge in [0.25, 0.3) is 0 Å². The first-order valence-electron chi connectivity index (χ1n) is 5.00. The molecule has 4 nitrogen and oxygen atoms in total. The molecule has 0 N–H and O–H groups in total. The van der Waals surface area contributed by atoms with Crippen molar-refractivity contribution in [2.75, 3.05) is 7.11 Å². The molecule has 1 aliphatic heterocycles. The topological polar surface area (TPSA) is 52.6 Å². The van der Waals surface area contributed by atoms with Crippen LogP contribution in [0, 0.1) is 23.7 Å². The van der Waals surface area contributed by atoms with Crippen molar-refractivity contribution in [2.45, 2.75) is 18.9 Å². The number of esters is 2. The van der Waals surface area contributed by atoms with Gasteiger partial charge in [-0.15, -0.1) is 0 Å². The first-order valence-corrected chi connectivity index (χ1v) is 5.00. The summed E-state index contributed by atoms with van der Waals surface area (Å²) in [6.07, 6.45) is 1.91. The molecular weight excluding hydrogens is 184 g/mol. The normalized spacial score (nSPS) is 48.1. The highest BCUT2D eigenvalue weighted by Gasteiger charge is 2.64. The summed E-state index contributed by atoms with van der Waals surface area (Å²) in [4.78, 5) is 23.0. The Bertz CT molecular complexity index is 309. The van der Waals surface area contributed by atoms with Gasteiger partial charge in [0.2, 0.25) is 0 Å². The lowest BCUT2D eigenvalue weighted by Gasteiger charge is -2.21. The Morgan fingerprint density at radius 2 is 2.29 bits per heavy atom. The van der Waals surface area contributed by atoms with E-state index in [-0.39, 0.29) is 35.8 Å². The van der Waals surface area contributed by atoms with E-state index in [1.807, 2.05) is 0 Å². The minimum Gasteiger partial charge on any atom is -0.469 e. The number of rotatable bonds is 1. The third-order valence-electron chi connectivity index (χ3n) is 3.96. The molecule has 2 bridgehead atoms. The summed E-state index contributed by atoms with van der Waals surface area (Å²) < 4.78 is 9.96. The van der Waals surface area contributed by atoms with E-state index in [4.69, 9.17) is 9.47 Å². The maximum absolute atomic E-state index is 11.5. The molecule has 0 aromatic carbocycles. The second-order valence-electron chi connectivity index (χ2n) is 4.45. The molecule has 1 heterocycles. The highest BCUT2D eigenvalue weighted by Crippen LogP contribution is 2.57. The van der Waals surface area contributed by atoms with Crippen molar-refractivity contribution in [1.82, 2.24) is 0 Å². The van der Waals surface area contributed by atoms with Gasteiger partial charge >= 0.3 is 11.9 Å². The third-order valence-corrected chi connectivity index (χ3v) is 3.96. The summed E-state index contributed by atoms with van der Waals surface area (Å²) in [5, 5.41) is 0. The zero-order chi connectivity index (χ0) is 9.87. The van der Waals surface area contributed by atoms with Crippen LogP contribution in [0.15, 0.2) is 0 Å². The largest absolute Gasteiger partial charge is 0.469 e. The maximum atomic E-state index is 11.5. The molecule has 0 aromatic heterocycles. The quantitative estimate of drug-likeness (QED) is 0.568. The summed E-state index contributed by atoms with van der Waals surface area (Å²) >= 11 is 0. The Labute approximate surface area is 81.6 Å². The molecule has 0 spiro atoms. The van der Waals surface area contributed by atoms with Crippen LogP contribution in [0.1, 0.15) is 12.8 Å². The Kier molecular flexibility index (Phi) is 1.47. The van der Waals surface area contributed by atoms with Crippen LogP contribution in [0.25, 0.3) is 0 Å². The molecule has 14 heavy (non-hydrogen) atoms. The molecule has 0 radical (unpaired) electrons. The van der Waals surface area contributed by atoms with E-state index in [2.05, 4.69) is 0 Å². The highest BCUT2D eigenvalue weighted by atomic mass is 16.6. The van der Waals surface area contributed by atoms with E-state index in [1.54, 1.807) is 0 Å². The monoisotopic (exact) mass is 196 g/mol. The summed E-state index contributed by atoms with van der Waals surface area (Å²) in [6.45, 7) is 0. The van der Waals surface area contributed by atoms with Crippen molar-refractivity contribution in [1.29, 1.82) is 0 Å². The molecular formula is C10H12O4. The van der Waals surface area contributed by atoms with Crippen molar-refractivity contribution >= 4 is 11.9 Å². The molecule has 3 aliphatic rings. The molecule has 5 atom stereocenters. The SMILES string of the molecule is COC(=O)C1C2CC3OC(=O)C1C3C2. The molecule has 4 heteroatoms.